The Morgan fingerprint density at radius 1 is 1.20 bits per heavy atom. The number of halogens is 1. The molecule has 0 spiro atoms. The lowest BCUT2D eigenvalue weighted by Gasteiger charge is -2.25. The van der Waals surface area contributed by atoms with Gasteiger partial charge in [-0.3, -0.25) is 4.79 Å². The van der Waals surface area contributed by atoms with Gasteiger partial charge in [-0.1, -0.05) is 17.7 Å². The first-order valence-electron chi connectivity index (χ1n) is 9.61. The van der Waals surface area contributed by atoms with Gasteiger partial charge in [-0.05, 0) is 50.6 Å². The van der Waals surface area contributed by atoms with Gasteiger partial charge in [0.2, 0.25) is 5.91 Å². The fourth-order valence-corrected chi connectivity index (χ4v) is 3.77. The van der Waals surface area contributed by atoms with E-state index in [0.717, 1.165) is 16.8 Å². The summed E-state index contributed by atoms with van der Waals surface area (Å²) in [7, 11) is 1.60. The number of anilines is 1. The molecule has 0 unspecified atom stereocenters. The molecule has 4 rings (SSSR count). The number of aromatic nitrogens is 4. The SMILES string of the molecule is COc1cc([C@@H]2CC(=O)Nc3c2c(C)nn3-c2ccc(Cl)nn2)ccc1OC(C)C. The maximum absolute atomic E-state index is 12.6. The quantitative estimate of drug-likeness (QED) is 0.664. The van der Waals surface area contributed by atoms with Crippen LogP contribution in [0, 0.1) is 6.92 Å². The first-order chi connectivity index (χ1) is 14.4. The van der Waals surface area contributed by atoms with Gasteiger partial charge in [0.05, 0.1) is 18.9 Å². The number of carbonyl (C=O) groups excluding carboxylic acids is 1. The topological polar surface area (TPSA) is 91.2 Å². The zero-order chi connectivity index (χ0) is 21.4. The lowest BCUT2D eigenvalue weighted by Crippen LogP contribution is -2.25. The normalized spacial score (nSPS) is 15.7. The minimum absolute atomic E-state index is 0.0257. The summed E-state index contributed by atoms with van der Waals surface area (Å²) in [6.07, 6.45) is 0.331. The molecule has 0 saturated heterocycles. The molecule has 0 fully saturated rings. The van der Waals surface area contributed by atoms with Crippen molar-refractivity contribution in [2.24, 2.45) is 0 Å². The predicted octanol–water partition coefficient (Wildman–Crippen LogP) is 3.89. The number of benzene rings is 1. The van der Waals surface area contributed by atoms with Crippen molar-refractivity contribution in [1.82, 2.24) is 20.0 Å². The molecule has 1 aromatic carbocycles. The zero-order valence-corrected chi connectivity index (χ0v) is 17.9. The number of amides is 1. The fraction of sp³-hybridized carbons (Fsp3) is 0.333. The molecule has 1 amide bonds. The van der Waals surface area contributed by atoms with Crippen molar-refractivity contribution in [3.05, 3.63) is 52.3 Å². The van der Waals surface area contributed by atoms with Crippen LogP contribution in [-0.4, -0.2) is 39.1 Å². The smallest absolute Gasteiger partial charge is 0.226 e. The number of nitrogens with zero attached hydrogens (tertiary/aromatic N) is 4. The molecule has 1 aliphatic heterocycles. The molecule has 0 radical (unpaired) electrons. The molecular weight excluding hydrogens is 406 g/mol. The van der Waals surface area contributed by atoms with Crippen LogP contribution in [0.4, 0.5) is 5.82 Å². The molecule has 3 aromatic rings. The van der Waals surface area contributed by atoms with Crippen LogP contribution < -0.4 is 14.8 Å². The van der Waals surface area contributed by atoms with Crippen molar-refractivity contribution in [2.45, 2.75) is 39.2 Å². The number of hydrogen-bond donors (Lipinski definition) is 1. The van der Waals surface area contributed by atoms with Gasteiger partial charge in [-0.25, -0.2) is 0 Å². The van der Waals surface area contributed by atoms with Crippen molar-refractivity contribution in [1.29, 1.82) is 0 Å². The van der Waals surface area contributed by atoms with Crippen LogP contribution in [0.3, 0.4) is 0 Å². The first kappa shape index (κ1) is 20.2. The first-order valence-corrected chi connectivity index (χ1v) is 9.98. The summed E-state index contributed by atoms with van der Waals surface area (Å²) < 4.78 is 12.9. The van der Waals surface area contributed by atoms with Crippen molar-refractivity contribution in [3.63, 3.8) is 0 Å². The molecular formula is C21H22ClN5O3. The summed E-state index contributed by atoms with van der Waals surface area (Å²) in [6.45, 7) is 5.83. The summed E-state index contributed by atoms with van der Waals surface area (Å²) >= 11 is 5.85. The second kappa shape index (κ2) is 7.95. The van der Waals surface area contributed by atoms with Crippen LogP contribution in [-0.2, 0) is 4.79 Å². The number of rotatable bonds is 5. The van der Waals surface area contributed by atoms with E-state index in [1.807, 2.05) is 39.0 Å². The number of aryl methyl sites for hydroxylation is 1. The molecule has 2 aromatic heterocycles. The highest BCUT2D eigenvalue weighted by molar-refractivity contribution is 6.29. The van der Waals surface area contributed by atoms with Crippen LogP contribution in [0.1, 0.15) is 43.0 Å². The number of carbonyl (C=O) groups is 1. The van der Waals surface area contributed by atoms with Crippen LogP contribution in [0.2, 0.25) is 5.15 Å². The van der Waals surface area contributed by atoms with Crippen molar-refractivity contribution >= 4 is 23.3 Å². The van der Waals surface area contributed by atoms with Crippen LogP contribution >= 0.6 is 11.6 Å². The fourth-order valence-electron chi connectivity index (χ4n) is 3.67. The Morgan fingerprint density at radius 3 is 2.67 bits per heavy atom. The Kier molecular flexibility index (Phi) is 5.34. The molecule has 1 atom stereocenters. The van der Waals surface area contributed by atoms with E-state index < -0.39 is 0 Å². The third-order valence-electron chi connectivity index (χ3n) is 4.89. The molecule has 0 bridgehead atoms. The largest absolute Gasteiger partial charge is 0.493 e. The molecule has 30 heavy (non-hydrogen) atoms. The van der Waals surface area contributed by atoms with E-state index in [-0.39, 0.29) is 23.1 Å². The molecule has 1 N–H and O–H groups in total. The standard InChI is InChI=1S/C21H22ClN5O3/c1-11(2)30-15-6-5-13(9-16(15)29-4)14-10-19(28)23-21-20(14)12(3)26-27(21)18-8-7-17(22)24-25-18/h5-9,11,14H,10H2,1-4H3,(H,23,28)/t14-/m0/s1. The summed E-state index contributed by atoms with van der Waals surface area (Å²) in [6, 6.07) is 9.10. The average Bonchev–Trinajstić information content (AvgIpc) is 3.04. The maximum Gasteiger partial charge on any atom is 0.226 e. The van der Waals surface area contributed by atoms with E-state index in [1.54, 1.807) is 23.9 Å². The highest BCUT2D eigenvalue weighted by Crippen LogP contribution is 2.42. The number of ether oxygens (including phenoxy) is 2. The summed E-state index contributed by atoms with van der Waals surface area (Å²) in [4.78, 5) is 12.6. The van der Waals surface area contributed by atoms with Gasteiger partial charge in [0.1, 0.15) is 5.82 Å². The number of methoxy groups -OCH3 is 1. The Bertz CT molecular complexity index is 1090. The van der Waals surface area contributed by atoms with Gasteiger partial charge in [-0.2, -0.15) is 9.78 Å². The van der Waals surface area contributed by atoms with Crippen molar-refractivity contribution in [3.8, 4) is 17.3 Å². The van der Waals surface area contributed by atoms with Crippen LogP contribution in [0.15, 0.2) is 30.3 Å². The second-order valence-corrected chi connectivity index (χ2v) is 7.74. The minimum Gasteiger partial charge on any atom is -0.493 e. The summed E-state index contributed by atoms with van der Waals surface area (Å²) in [5, 5.41) is 15.8. The highest BCUT2D eigenvalue weighted by atomic mass is 35.5. The Balaban J connectivity index is 1.79. The van der Waals surface area contributed by atoms with E-state index >= 15 is 0 Å². The third kappa shape index (κ3) is 3.70. The van der Waals surface area contributed by atoms with Gasteiger partial charge in [0.15, 0.2) is 22.5 Å². The Hall–Kier alpha value is -3.13. The lowest BCUT2D eigenvalue weighted by atomic mass is 9.85. The van der Waals surface area contributed by atoms with E-state index in [1.165, 1.54) is 0 Å². The minimum atomic E-state index is -0.176. The van der Waals surface area contributed by atoms with E-state index in [4.69, 9.17) is 21.1 Å². The molecule has 3 heterocycles. The van der Waals surface area contributed by atoms with Crippen LogP contribution in [0.5, 0.6) is 11.5 Å². The second-order valence-electron chi connectivity index (χ2n) is 7.36. The third-order valence-corrected chi connectivity index (χ3v) is 5.09. The number of nitrogens with one attached hydrogen (secondary N) is 1. The van der Waals surface area contributed by atoms with Gasteiger partial charge < -0.3 is 14.8 Å². The summed E-state index contributed by atoms with van der Waals surface area (Å²) in [5.41, 5.74) is 2.68. The van der Waals surface area contributed by atoms with Gasteiger partial charge in [0.25, 0.3) is 0 Å². The average molecular weight is 428 g/mol. The highest BCUT2D eigenvalue weighted by Gasteiger charge is 2.33. The molecule has 156 valence electrons. The van der Waals surface area contributed by atoms with E-state index in [9.17, 15) is 4.79 Å². The lowest BCUT2D eigenvalue weighted by molar-refractivity contribution is -0.116. The monoisotopic (exact) mass is 427 g/mol. The van der Waals surface area contributed by atoms with Gasteiger partial charge >= 0.3 is 0 Å². The van der Waals surface area contributed by atoms with Crippen LogP contribution in [0.25, 0.3) is 5.82 Å². The van der Waals surface area contributed by atoms with Gasteiger partial charge in [0, 0.05) is 17.9 Å². The molecule has 0 saturated carbocycles. The number of hydrogen-bond acceptors (Lipinski definition) is 6. The molecule has 1 aliphatic rings. The van der Waals surface area contributed by atoms with E-state index in [2.05, 4.69) is 20.6 Å². The van der Waals surface area contributed by atoms with E-state index in [0.29, 0.717) is 29.6 Å². The molecule has 9 heteroatoms. The Morgan fingerprint density at radius 2 is 2.00 bits per heavy atom. The molecule has 0 aliphatic carbocycles. The van der Waals surface area contributed by atoms with Crippen molar-refractivity contribution < 1.29 is 14.3 Å². The summed E-state index contributed by atoms with van der Waals surface area (Å²) in [5.74, 6) is 2.08. The maximum atomic E-state index is 12.6. The van der Waals surface area contributed by atoms with Crippen molar-refractivity contribution in [2.75, 3.05) is 12.4 Å². The zero-order valence-electron chi connectivity index (χ0n) is 17.1. The predicted molar refractivity (Wildman–Crippen MR) is 113 cm³/mol. The number of fused-ring (bicyclic) bond motifs is 1. The molecule has 8 nitrogen and oxygen atoms in total. The Labute approximate surface area is 179 Å². The van der Waals surface area contributed by atoms with Gasteiger partial charge in [-0.15, -0.1) is 10.2 Å².